The summed E-state index contributed by atoms with van der Waals surface area (Å²) in [5.74, 6) is 2.11. The standard InChI is InChI=1S/C23H21N5OS2/c1-17-15-21(29)25-22(24-17)31-16-20-26-27-23(28(20)19-12-6-3-7-13-19)30-14-8-11-18-9-4-2-5-10-18/h2-13,15H,14,16H2,1H3,(H,24,25,29)/b11-8+. The number of nitrogens with zero attached hydrogens (tertiary/aromatic N) is 4. The van der Waals surface area contributed by atoms with Crippen molar-refractivity contribution in [3.8, 4) is 5.69 Å². The minimum absolute atomic E-state index is 0.152. The van der Waals surface area contributed by atoms with Gasteiger partial charge in [0.1, 0.15) is 5.82 Å². The molecule has 2 heterocycles. The van der Waals surface area contributed by atoms with E-state index in [1.807, 2.05) is 55.5 Å². The SMILES string of the molecule is Cc1cc(=O)[nH]c(SCc2nnc(SC/C=C/c3ccccc3)n2-c2ccccc2)n1. The quantitative estimate of drug-likeness (QED) is 0.310. The number of hydrogen-bond acceptors (Lipinski definition) is 6. The fourth-order valence-electron chi connectivity index (χ4n) is 2.95. The maximum atomic E-state index is 11.7. The molecule has 4 rings (SSSR count). The number of thioether (sulfide) groups is 2. The van der Waals surface area contributed by atoms with E-state index in [0.29, 0.717) is 16.6 Å². The van der Waals surface area contributed by atoms with Crippen LogP contribution >= 0.6 is 23.5 Å². The molecule has 6 nitrogen and oxygen atoms in total. The Morgan fingerprint density at radius 2 is 1.74 bits per heavy atom. The molecule has 0 saturated carbocycles. The Morgan fingerprint density at radius 1 is 1.00 bits per heavy atom. The van der Waals surface area contributed by atoms with Crippen LogP contribution in [0.2, 0.25) is 0 Å². The van der Waals surface area contributed by atoms with Gasteiger partial charge < -0.3 is 4.98 Å². The highest BCUT2D eigenvalue weighted by molar-refractivity contribution is 7.99. The molecule has 0 aliphatic carbocycles. The van der Waals surface area contributed by atoms with Crippen LogP contribution in [-0.4, -0.2) is 30.5 Å². The predicted molar refractivity (Wildman–Crippen MR) is 127 cm³/mol. The number of hydrogen-bond donors (Lipinski definition) is 1. The number of aromatic amines is 1. The van der Waals surface area contributed by atoms with Crippen molar-refractivity contribution in [1.29, 1.82) is 0 Å². The molecule has 8 heteroatoms. The normalized spacial score (nSPS) is 11.3. The zero-order valence-electron chi connectivity index (χ0n) is 16.9. The Labute approximate surface area is 188 Å². The van der Waals surface area contributed by atoms with E-state index in [4.69, 9.17) is 0 Å². The smallest absolute Gasteiger partial charge is 0.251 e. The third kappa shape index (κ3) is 5.74. The summed E-state index contributed by atoms with van der Waals surface area (Å²) < 4.78 is 2.06. The molecular formula is C23H21N5OS2. The molecule has 2 aromatic heterocycles. The zero-order chi connectivity index (χ0) is 21.5. The van der Waals surface area contributed by atoms with Crippen LogP contribution in [0.3, 0.4) is 0 Å². The van der Waals surface area contributed by atoms with Gasteiger partial charge >= 0.3 is 0 Å². The largest absolute Gasteiger partial charge is 0.301 e. The van der Waals surface area contributed by atoms with Gasteiger partial charge in [-0.05, 0) is 24.6 Å². The highest BCUT2D eigenvalue weighted by atomic mass is 32.2. The van der Waals surface area contributed by atoms with E-state index in [9.17, 15) is 4.79 Å². The Hall–Kier alpha value is -3.10. The van der Waals surface area contributed by atoms with Crippen molar-refractivity contribution < 1.29 is 0 Å². The van der Waals surface area contributed by atoms with E-state index in [-0.39, 0.29) is 5.56 Å². The summed E-state index contributed by atoms with van der Waals surface area (Å²) in [6.07, 6.45) is 4.23. The summed E-state index contributed by atoms with van der Waals surface area (Å²) in [5, 5.41) is 10.2. The van der Waals surface area contributed by atoms with E-state index in [1.165, 1.54) is 23.4 Å². The molecule has 2 aromatic carbocycles. The first-order valence-electron chi connectivity index (χ1n) is 9.74. The Kier molecular flexibility index (Phi) is 7.01. The number of H-pyrrole nitrogens is 1. The molecule has 0 unspecified atom stereocenters. The molecule has 0 fully saturated rings. The van der Waals surface area contributed by atoms with Crippen LogP contribution in [0.15, 0.2) is 87.9 Å². The highest BCUT2D eigenvalue weighted by Crippen LogP contribution is 2.26. The van der Waals surface area contributed by atoms with E-state index in [1.54, 1.807) is 11.8 Å². The lowest BCUT2D eigenvalue weighted by molar-refractivity contribution is 0.862. The molecule has 0 atom stereocenters. The Bertz CT molecular complexity index is 1220. The van der Waals surface area contributed by atoms with Gasteiger partial charge in [0.25, 0.3) is 5.56 Å². The van der Waals surface area contributed by atoms with Gasteiger partial charge in [0, 0.05) is 23.2 Å². The second-order valence-corrected chi connectivity index (χ2v) is 8.63. The van der Waals surface area contributed by atoms with Gasteiger partial charge in [0.2, 0.25) is 0 Å². The lowest BCUT2D eigenvalue weighted by Gasteiger charge is -2.09. The molecule has 0 spiro atoms. The topological polar surface area (TPSA) is 76.5 Å². The van der Waals surface area contributed by atoms with Crippen molar-refractivity contribution in [2.45, 2.75) is 23.0 Å². The van der Waals surface area contributed by atoms with Crippen LogP contribution < -0.4 is 5.56 Å². The third-order valence-corrected chi connectivity index (χ3v) is 6.07. The summed E-state index contributed by atoms with van der Waals surface area (Å²) in [5.41, 5.74) is 2.71. The van der Waals surface area contributed by atoms with Crippen molar-refractivity contribution in [3.63, 3.8) is 0 Å². The van der Waals surface area contributed by atoms with Crippen LogP contribution in [0.25, 0.3) is 11.8 Å². The average Bonchev–Trinajstić information content (AvgIpc) is 3.19. The second kappa shape index (κ2) is 10.3. The average molecular weight is 448 g/mol. The van der Waals surface area contributed by atoms with Crippen molar-refractivity contribution in [3.05, 3.63) is 100 Å². The molecule has 4 aromatic rings. The minimum atomic E-state index is -0.152. The number of rotatable bonds is 8. The molecular weight excluding hydrogens is 426 g/mol. The summed E-state index contributed by atoms with van der Waals surface area (Å²) in [6.45, 7) is 1.81. The minimum Gasteiger partial charge on any atom is -0.301 e. The van der Waals surface area contributed by atoms with Gasteiger partial charge in [-0.1, -0.05) is 84.2 Å². The molecule has 0 aliphatic heterocycles. The maximum Gasteiger partial charge on any atom is 0.251 e. The number of nitrogens with one attached hydrogen (secondary N) is 1. The van der Waals surface area contributed by atoms with E-state index in [0.717, 1.165) is 22.4 Å². The van der Waals surface area contributed by atoms with Gasteiger partial charge in [0.05, 0.1) is 5.75 Å². The summed E-state index contributed by atoms with van der Waals surface area (Å²) in [7, 11) is 0. The Balaban J connectivity index is 1.52. The van der Waals surface area contributed by atoms with Crippen LogP contribution in [0, 0.1) is 6.92 Å². The zero-order valence-corrected chi connectivity index (χ0v) is 18.6. The summed E-state index contributed by atoms with van der Waals surface area (Å²) >= 11 is 3.06. The third-order valence-electron chi connectivity index (χ3n) is 4.32. The molecule has 0 aliphatic rings. The van der Waals surface area contributed by atoms with Crippen LogP contribution in [0.5, 0.6) is 0 Å². The van der Waals surface area contributed by atoms with Crippen molar-refractivity contribution >= 4 is 29.6 Å². The first-order valence-corrected chi connectivity index (χ1v) is 11.7. The number of aryl methyl sites for hydroxylation is 1. The van der Waals surface area contributed by atoms with E-state index in [2.05, 4.69) is 49.0 Å². The number of benzene rings is 2. The number of aromatic nitrogens is 5. The molecule has 156 valence electrons. The second-order valence-electron chi connectivity index (χ2n) is 6.67. The molecule has 0 radical (unpaired) electrons. The molecule has 0 saturated heterocycles. The summed E-state index contributed by atoms with van der Waals surface area (Å²) in [4.78, 5) is 18.9. The lowest BCUT2D eigenvalue weighted by atomic mass is 10.2. The molecule has 31 heavy (non-hydrogen) atoms. The lowest BCUT2D eigenvalue weighted by Crippen LogP contribution is -2.08. The highest BCUT2D eigenvalue weighted by Gasteiger charge is 2.15. The fraction of sp³-hybridized carbons (Fsp3) is 0.130. The van der Waals surface area contributed by atoms with Gasteiger partial charge in [-0.2, -0.15) is 0 Å². The van der Waals surface area contributed by atoms with Gasteiger partial charge in [-0.15, -0.1) is 10.2 Å². The van der Waals surface area contributed by atoms with Gasteiger partial charge in [-0.25, -0.2) is 4.98 Å². The first kappa shape index (κ1) is 21.1. The monoisotopic (exact) mass is 447 g/mol. The van der Waals surface area contributed by atoms with Crippen LogP contribution in [0.4, 0.5) is 0 Å². The Morgan fingerprint density at radius 3 is 2.48 bits per heavy atom. The van der Waals surface area contributed by atoms with Crippen molar-refractivity contribution in [1.82, 2.24) is 24.7 Å². The predicted octanol–water partition coefficient (Wildman–Crippen LogP) is 4.76. The van der Waals surface area contributed by atoms with E-state index < -0.39 is 0 Å². The van der Waals surface area contributed by atoms with Crippen LogP contribution in [0.1, 0.15) is 17.1 Å². The first-order chi connectivity index (χ1) is 15.2. The number of para-hydroxylation sites is 1. The van der Waals surface area contributed by atoms with Crippen LogP contribution in [-0.2, 0) is 5.75 Å². The van der Waals surface area contributed by atoms with Crippen molar-refractivity contribution in [2.24, 2.45) is 0 Å². The van der Waals surface area contributed by atoms with Gasteiger partial charge in [0.15, 0.2) is 10.3 Å². The molecule has 1 N–H and O–H groups in total. The summed E-state index contributed by atoms with van der Waals surface area (Å²) in [6, 6.07) is 21.7. The molecule has 0 amide bonds. The maximum absolute atomic E-state index is 11.7. The molecule has 0 bridgehead atoms. The van der Waals surface area contributed by atoms with Crippen molar-refractivity contribution in [2.75, 3.05) is 5.75 Å². The fourth-order valence-corrected chi connectivity index (χ4v) is 4.56. The van der Waals surface area contributed by atoms with E-state index >= 15 is 0 Å². The van der Waals surface area contributed by atoms with Gasteiger partial charge in [-0.3, -0.25) is 9.36 Å².